The fourth-order valence-electron chi connectivity index (χ4n) is 9.63. The summed E-state index contributed by atoms with van der Waals surface area (Å²) in [5, 5.41) is 33.2. The van der Waals surface area contributed by atoms with E-state index in [1.807, 2.05) is 32.7 Å². The summed E-state index contributed by atoms with van der Waals surface area (Å²) < 4.78 is 43.7. The summed E-state index contributed by atoms with van der Waals surface area (Å²) in [5.41, 5.74) is -0.123. The summed E-state index contributed by atoms with van der Waals surface area (Å²) in [5.74, 6) is -3.13. The lowest BCUT2D eigenvalue weighted by Gasteiger charge is -2.36. The number of carbonyl (C=O) groups is 6. The maximum absolute atomic E-state index is 14.1. The van der Waals surface area contributed by atoms with Gasteiger partial charge in [-0.2, -0.15) is 10.2 Å². The van der Waals surface area contributed by atoms with Crippen molar-refractivity contribution in [2.45, 2.75) is 98.7 Å². The van der Waals surface area contributed by atoms with Gasteiger partial charge in [0.15, 0.2) is 6.29 Å². The van der Waals surface area contributed by atoms with Crippen molar-refractivity contribution >= 4 is 100.0 Å². The molecule has 0 heterocycles. The fourth-order valence-corrected chi connectivity index (χ4v) is 9.88. The van der Waals surface area contributed by atoms with Gasteiger partial charge in [0, 0.05) is 52.5 Å². The van der Waals surface area contributed by atoms with E-state index in [0.717, 1.165) is 28.4 Å². The van der Waals surface area contributed by atoms with Gasteiger partial charge in [0.25, 0.3) is 5.69 Å². The van der Waals surface area contributed by atoms with Gasteiger partial charge in [-0.3, -0.25) is 19.7 Å². The fraction of sp³-hybridized carbons (Fsp3) is 0.400. The second-order valence-corrected chi connectivity index (χ2v) is 23.6. The molecule has 0 saturated heterocycles. The Balaban J connectivity index is 1.14. The smallest absolute Gasteiger partial charge is 0.345 e. The van der Waals surface area contributed by atoms with Gasteiger partial charge in [-0.1, -0.05) is 99.6 Å². The Morgan fingerprint density at radius 3 is 1.54 bits per heavy atom. The number of likely N-dealkylation sites (N-methyl/N-ethyl adjacent to an activating group) is 1. The molecule has 5 rings (SSSR count). The summed E-state index contributed by atoms with van der Waals surface area (Å²) in [6.45, 7) is 8.34. The Morgan fingerprint density at radius 2 is 1.03 bits per heavy atom. The average Bonchev–Trinajstić information content (AvgIpc) is 0.960. The van der Waals surface area contributed by atoms with Gasteiger partial charge in [0.05, 0.1) is 47.4 Å². The van der Waals surface area contributed by atoms with Crippen LogP contribution in [0.3, 0.4) is 0 Å². The van der Waals surface area contributed by atoms with E-state index in [2.05, 4.69) is 10.2 Å². The van der Waals surface area contributed by atoms with E-state index in [0.29, 0.717) is 79.4 Å². The molecule has 0 radical (unpaired) electrons. The van der Waals surface area contributed by atoms with Gasteiger partial charge in [0.1, 0.15) is 51.0 Å². The molecule has 0 aliphatic rings. The SMILES string of the molecule is CCCC(C)(CCCC(C)(CCCC(C)(CC)C(=O)OCCOC(=O)/C=C/c1ccc(Cl)cc1)C(=O)OCCOC(=O)/C=C/c1ccc(OC)cc1)C(O)OCCOC(=O)c1cc(N=Nc2ccc(N(C)CCOC(=O)/C=C/c3ccc(Cl)cc3)cc2)ccc1[N+](=O)[O-]. The van der Waals surface area contributed by atoms with E-state index in [9.17, 15) is 44.0 Å². The topological polar surface area (TPSA) is 268 Å². The van der Waals surface area contributed by atoms with Crippen LogP contribution in [0.1, 0.15) is 119 Å². The molecule has 93 heavy (non-hydrogen) atoms. The quantitative estimate of drug-likeness (QED) is 0.00560. The number of nitro groups is 1. The lowest BCUT2D eigenvalue weighted by molar-refractivity contribution is -0.385. The molecule has 0 spiro atoms. The molecule has 0 aliphatic carbocycles. The lowest BCUT2D eigenvalue weighted by atomic mass is 9.73. The third kappa shape index (κ3) is 25.7. The number of nitro benzene ring substituents is 1. The Bertz CT molecular complexity index is 3380. The first-order valence-electron chi connectivity index (χ1n) is 30.5. The highest BCUT2D eigenvalue weighted by atomic mass is 35.5. The molecule has 5 aromatic carbocycles. The molecule has 4 atom stereocenters. The Labute approximate surface area is 552 Å². The van der Waals surface area contributed by atoms with Crippen LogP contribution in [0.5, 0.6) is 5.75 Å². The summed E-state index contributed by atoms with van der Waals surface area (Å²) in [6.07, 6.45) is 11.0. The number of methoxy groups -OCH3 is 1. The highest BCUT2D eigenvalue weighted by molar-refractivity contribution is 6.30. The average molecular weight is 1320 g/mol. The number of benzene rings is 5. The van der Waals surface area contributed by atoms with Gasteiger partial charge >= 0.3 is 35.8 Å². The molecule has 5 aromatic rings. The van der Waals surface area contributed by atoms with Crippen LogP contribution in [0, 0.1) is 26.4 Å². The Kier molecular flexibility index (Phi) is 30.9. The van der Waals surface area contributed by atoms with Crippen LogP contribution in [-0.4, -0.2) is 119 Å². The number of anilines is 1. The normalized spacial score (nSPS) is 13.8. The zero-order valence-electron chi connectivity index (χ0n) is 53.6. The number of aliphatic hydroxyl groups is 1. The number of halogens is 2. The van der Waals surface area contributed by atoms with Crippen molar-refractivity contribution in [2.75, 3.05) is 71.9 Å². The summed E-state index contributed by atoms with van der Waals surface area (Å²) in [6, 6.07) is 31.6. The zero-order chi connectivity index (χ0) is 67.8. The Hall–Kier alpha value is -8.76. The summed E-state index contributed by atoms with van der Waals surface area (Å²) in [7, 11) is 3.39. The predicted octanol–water partition coefficient (Wildman–Crippen LogP) is 14.7. The standard InChI is InChI=1S/C70H82Cl2N4O17/c1-8-36-69(4,66(82)93-48-45-90-64(80)59-49-56(27-32-60(59)76(84)85)74-73-55-25-28-57(29-26-55)75(6)41-42-87-61(77)33-18-50-12-21-53(71)22-13-50)38-11-40-70(5,67(83)92-47-44-89-63(79)35-20-52-16-30-58(86-7)31-17-52)39-10-37-68(3,9-2)65(81)91-46-43-88-62(78)34-19-51-14-23-54(72)24-15-51/h12-35,49,66,82H,8-11,36-48H2,1-7H3/b33-18+,34-19+,35-20+,74-73?. The van der Waals surface area contributed by atoms with Crippen molar-refractivity contribution in [3.63, 3.8) is 0 Å². The molecule has 0 saturated carbocycles. The lowest BCUT2D eigenvalue weighted by Crippen LogP contribution is -2.37. The van der Waals surface area contributed by atoms with Crippen LogP contribution in [0.15, 0.2) is 144 Å². The van der Waals surface area contributed by atoms with Crippen molar-refractivity contribution in [3.8, 4) is 5.75 Å². The molecule has 1 N–H and O–H groups in total. The second kappa shape index (κ2) is 38.3. The van der Waals surface area contributed by atoms with E-state index in [1.165, 1.54) is 30.4 Å². The maximum Gasteiger partial charge on any atom is 0.345 e. The molecule has 0 amide bonds. The second-order valence-electron chi connectivity index (χ2n) is 22.7. The minimum absolute atomic E-state index is 0.133. The van der Waals surface area contributed by atoms with Gasteiger partial charge in [-0.15, -0.1) is 0 Å². The maximum atomic E-state index is 14.1. The minimum atomic E-state index is -1.36. The number of hydrogen-bond acceptors (Lipinski definition) is 20. The van der Waals surface area contributed by atoms with Gasteiger partial charge in [0.2, 0.25) is 0 Å². The van der Waals surface area contributed by atoms with Crippen LogP contribution in [0.25, 0.3) is 18.2 Å². The van der Waals surface area contributed by atoms with Gasteiger partial charge < -0.3 is 47.9 Å². The molecular weight excluding hydrogens is 1240 g/mol. The number of carbonyl (C=O) groups excluding carboxylic acids is 6. The highest BCUT2D eigenvalue weighted by Crippen LogP contribution is 2.41. The van der Waals surface area contributed by atoms with Crippen LogP contribution in [-0.2, 0) is 57.1 Å². The molecule has 0 fully saturated rings. The van der Waals surface area contributed by atoms with Crippen molar-refractivity contribution in [2.24, 2.45) is 26.5 Å². The van der Waals surface area contributed by atoms with Crippen molar-refractivity contribution in [3.05, 3.63) is 176 Å². The monoisotopic (exact) mass is 1320 g/mol. The third-order valence-electron chi connectivity index (χ3n) is 15.6. The molecule has 498 valence electrons. The third-order valence-corrected chi connectivity index (χ3v) is 16.1. The van der Waals surface area contributed by atoms with E-state index in [-0.39, 0.29) is 63.9 Å². The van der Waals surface area contributed by atoms with E-state index >= 15 is 0 Å². The number of nitrogens with zero attached hydrogens (tertiary/aromatic N) is 4. The van der Waals surface area contributed by atoms with Crippen LogP contribution in [0.4, 0.5) is 22.7 Å². The minimum Gasteiger partial charge on any atom is -0.497 e. The number of ether oxygens (including phenoxy) is 8. The molecule has 0 bridgehead atoms. The molecule has 23 heteroatoms. The van der Waals surface area contributed by atoms with Crippen molar-refractivity contribution in [1.29, 1.82) is 0 Å². The van der Waals surface area contributed by atoms with E-state index in [4.69, 9.17) is 61.1 Å². The highest BCUT2D eigenvalue weighted by Gasteiger charge is 2.40. The molecule has 0 aromatic heterocycles. The largest absolute Gasteiger partial charge is 0.497 e. The number of rotatable bonds is 39. The molecular formula is C70H82Cl2N4O17. The molecule has 21 nitrogen and oxygen atoms in total. The first kappa shape index (κ1) is 75.0. The number of hydrogen-bond donors (Lipinski definition) is 1. The number of aliphatic hydroxyl groups excluding tert-OH is 1. The first-order valence-corrected chi connectivity index (χ1v) is 31.3. The van der Waals surface area contributed by atoms with Crippen LogP contribution < -0.4 is 9.64 Å². The van der Waals surface area contributed by atoms with Crippen molar-refractivity contribution in [1.82, 2.24) is 0 Å². The zero-order valence-corrected chi connectivity index (χ0v) is 55.1. The summed E-state index contributed by atoms with van der Waals surface area (Å²) in [4.78, 5) is 91.3. The first-order chi connectivity index (χ1) is 44.5. The van der Waals surface area contributed by atoms with Crippen molar-refractivity contribution < 1.29 is 76.7 Å². The molecule has 4 unspecified atom stereocenters. The molecule has 0 aliphatic heterocycles. The van der Waals surface area contributed by atoms with E-state index in [1.54, 1.807) is 136 Å². The Morgan fingerprint density at radius 1 is 0.581 bits per heavy atom. The van der Waals surface area contributed by atoms with Crippen LogP contribution in [0.2, 0.25) is 10.0 Å². The number of esters is 6. The van der Waals surface area contributed by atoms with Crippen LogP contribution >= 0.6 is 23.2 Å². The van der Waals surface area contributed by atoms with Gasteiger partial charge in [-0.05, 0) is 160 Å². The predicted molar refractivity (Wildman–Crippen MR) is 354 cm³/mol. The summed E-state index contributed by atoms with van der Waals surface area (Å²) >= 11 is 11.9. The number of azo groups is 1. The van der Waals surface area contributed by atoms with E-state index < -0.39 is 69.0 Å². The van der Waals surface area contributed by atoms with Gasteiger partial charge in [-0.25, -0.2) is 19.2 Å².